The summed E-state index contributed by atoms with van der Waals surface area (Å²) in [6.45, 7) is -0.545. The van der Waals surface area contributed by atoms with Gasteiger partial charge in [0.15, 0.2) is 5.43 Å². The lowest BCUT2D eigenvalue weighted by Crippen LogP contribution is -2.31. The van der Waals surface area contributed by atoms with Gasteiger partial charge in [-0.1, -0.05) is 0 Å². The topological polar surface area (TPSA) is 62.0 Å². The standard InChI is InChI=1S/C9H9F3N2O2/c10-9(11,12)2-4-14-8(16)6-5-13-3-1-7(6)15/h1,3,5H,2,4H2,(H,13,15)(H,14,16). The van der Waals surface area contributed by atoms with Crippen LogP contribution in [0.3, 0.4) is 0 Å². The molecule has 7 heteroatoms. The van der Waals surface area contributed by atoms with Crippen LogP contribution in [0.2, 0.25) is 0 Å². The molecule has 0 aliphatic carbocycles. The molecule has 0 spiro atoms. The van der Waals surface area contributed by atoms with Crippen LogP contribution >= 0.6 is 0 Å². The molecule has 0 unspecified atom stereocenters. The van der Waals surface area contributed by atoms with Crippen LogP contribution in [0.4, 0.5) is 13.2 Å². The van der Waals surface area contributed by atoms with E-state index in [1.54, 1.807) is 0 Å². The number of carbonyl (C=O) groups excluding carboxylic acids is 1. The molecule has 2 N–H and O–H groups in total. The zero-order valence-corrected chi connectivity index (χ0v) is 8.10. The van der Waals surface area contributed by atoms with E-state index >= 15 is 0 Å². The Morgan fingerprint density at radius 3 is 2.69 bits per heavy atom. The molecular weight excluding hydrogens is 225 g/mol. The quantitative estimate of drug-likeness (QED) is 0.821. The Morgan fingerprint density at radius 2 is 2.12 bits per heavy atom. The molecule has 0 radical (unpaired) electrons. The highest BCUT2D eigenvalue weighted by molar-refractivity contribution is 5.93. The van der Waals surface area contributed by atoms with E-state index < -0.39 is 30.5 Å². The minimum absolute atomic E-state index is 0.204. The third-order valence-electron chi connectivity index (χ3n) is 1.76. The van der Waals surface area contributed by atoms with E-state index in [0.29, 0.717) is 0 Å². The van der Waals surface area contributed by atoms with Gasteiger partial charge in [-0.15, -0.1) is 0 Å². The van der Waals surface area contributed by atoms with E-state index in [4.69, 9.17) is 0 Å². The molecule has 0 aromatic carbocycles. The van der Waals surface area contributed by atoms with E-state index in [-0.39, 0.29) is 5.56 Å². The van der Waals surface area contributed by atoms with Crippen LogP contribution in [0.1, 0.15) is 16.8 Å². The van der Waals surface area contributed by atoms with Crippen molar-refractivity contribution in [3.8, 4) is 0 Å². The highest BCUT2D eigenvalue weighted by Gasteiger charge is 2.26. The zero-order valence-electron chi connectivity index (χ0n) is 8.10. The number of amides is 1. The fourth-order valence-electron chi connectivity index (χ4n) is 1.01. The first-order chi connectivity index (χ1) is 7.40. The monoisotopic (exact) mass is 234 g/mol. The molecule has 16 heavy (non-hydrogen) atoms. The maximum Gasteiger partial charge on any atom is 0.390 e. The van der Waals surface area contributed by atoms with Gasteiger partial charge < -0.3 is 10.3 Å². The minimum Gasteiger partial charge on any atom is -0.367 e. The Hall–Kier alpha value is -1.79. The number of pyridine rings is 1. The zero-order chi connectivity index (χ0) is 12.2. The van der Waals surface area contributed by atoms with Crippen molar-refractivity contribution in [3.63, 3.8) is 0 Å². The van der Waals surface area contributed by atoms with Crippen LogP contribution in [0, 0.1) is 0 Å². The minimum atomic E-state index is -4.32. The van der Waals surface area contributed by atoms with Crippen molar-refractivity contribution >= 4 is 5.91 Å². The van der Waals surface area contributed by atoms with Gasteiger partial charge in [-0.2, -0.15) is 13.2 Å². The van der Waals surface area contributed by atoms with E-state index in [9.17, 15) is 22.8 Å². The summed E-state index contributed by atoms with van der Waals surface area (Å²) in [6.07, 6.45) is -2.97. The molecule has 0 bridgehead atoms. The van der Waals surface area contributed by atoms with Gasteiger partial charge in [0, 0.05) is 25.0 Å². The molecule has 88 valence electrons. The van der Waals surface area contributed by atoms with Crippen LogP contribution in [-0.2, 0) is 0 Å². The molecular formula is C9H9F3N2O2. The van der Waals surface area contributed by atoms with Crippen LogP contribution in [0.5, 0.6) is 0 Å². The summed E-state index contributed by atoms with van der Waals surface area (Å²) in [7, 11) is 0. The molecule has 1 amide bonds. The van der Waals surface area contributed by atoms with Crippen molar-refractivity contribution in [1.29, 1.82) is 0 Å². The largest absolute Gasteiger partial charge is 0.390 e. The molecule has 1 rings (SSSR count). The number of halogens is 3. The first-order valence-electron chi connectivity index (χ1n) is 4.42. The molecule has 1 heterocycles. The van der Waals surface area contributed by atoms with Crippen molar-refractivity contribution < 1.29 is 18.0 Å². The molecule has 1 aromatic rings. The second-order valence-corrected chi connectivity index (χ2v) is 3.04. The summed E-state index contributed by atoms with van der Waals surface area (Å²) in [4.78, 5) is 24.9. The second kappa shape index (κ2) is 4.82. The van der Waals surface area contributed by atoms with Gasteiger partial charge in [-0.3, -0.25) is 9.59 Å². The van der Waals surface area contributed by atoms with E-state index in [2.05, 4.69) is 4.98 Å². The van der Waals surface area contributed by atoms with Crippen molar-refractivity contribution in [2.75, 3.05) is 6.54 Å². The lowest BCUT2D eigenvalue weighted by molar-refractivity contribution is -0.132. The summed E-state index contributed by atoms with van der Waals surface area (Å²) in [5.41, 5.74) is -0.743. The Kier molecular flexibility index (Phi) is 3.70. The number of alkyl halides is 3. The van der Waals surface area contributed by atoms with Crippen molar-refractivity contribution in [3.05, 3.63) is 34.2 Å². The number of hydrogen-bond acceptors (Lipinski definition) is 2. The van der Waals surface area contributed by atoms with Gasteiger partial charge in [-0.25, -0.2) is 0 Å². The summed E-state index contributed by atoms with van der Waals surface area (Å²) < 4.78 is 35.3. The lowest BCUT2D eigenvalue weighted by Gasteiger charge is -2.07. The van der Waals surface area contributed by atoms with E-state index in [1.165, 1.54) is 6.20 Å². The molecule has 4 nitrogen and oxygen atoms in total. The number of hydrogen-bond donors (Lipinski definition) is 2. The lowest BCUT2D eigenvalue weighted by atomic mass is 10.2. The van der Waals surface area contributed by atoms with Gasteiger partial charge in [0.2, 0.25) is 0 Å². The van der Waals surface area contributed by atoms with Gasteiger partial charge in [0.05, 0.1) is 6.42 Å². The molecule has 0 saturated heterocycles. The molecule has 0 aliphatic heterocycles. The predicted molar refractivity (Wildman–Crippen MR) is 50.1 cm³/mol. The first-order valence-corrected chi connectivity index (χ1v) is 4.42. The Balaban J connectivity index is 2.55. The fraction of sp³-hybridized carbons (Fsp3) is 0.333. The molecule has 0 atom stereocenters. The van der Waals surface area contributed by atoms with Crippen molar-refractivity contribution in [2.24, 2.45) is 0 Å². The number of H-pyrrole nitrogens is 1. The van der Waals surface area contributed by atoms with Crippen LogP contribution < -0.4 is 10.7 Å². The first kappa shape index (κ1) is 12.3. The fourth-order valence-corrected chi connectivity index (χ4v) is 1.01. The van der Waals surface area contributed by atoms with Gasteiger partial charge >= 0.3 is 6.18 Å². The van der Waals surface area contributed by atoms with E-state index in [0.717, 1.165) is 12.3 Å². The maximum atomic E-state index is 11.8. The third kappa shape index (κ3) is 3.76. The summed E-state index contributed by atoms with van der Waals surface area (Å²) in [5.74, 6) is -0.814. The smallest absolute Gasteiger partial charge is 0.367 e. The van der Waals surface area contributed by atoms with Gasteiger partial charge in [0.1, 0.15) is 5.56 Å². The summed E-state index contributed by atoms with van der Waals surface area (Å²) in [5, 5.41) is 2.02. The predicted octanol–water partition coefficient (Wildman–Crippen LogP) is 1.06. The maximum absolute atomic E-state index is 11.8. The number of rotatable bonds is 3. The van der Waals surface area contributed by atoms with Crippen LogP contribution in [-0.4, -0.2) is 23.6 Å². The average Bonchev–Trinajstić information content (AvgIpc) is 2.16. The summed E-state index contributed by atoms with van der Waals surface area (Å²) >= 11 is 0. The highest BCUT2D eigenvalue weighted by atomic mass is 19.4. The summed E-state index contributed by atoms with van der Waals surface area (Å²) in [6, 6.07) is 1.12. The number of aromatic nitrogens is 1. The van der Waals surface area contributed by atoms with Crippen LogP contribution in [0.25, 0.3) is 0 Å². The SMILES string of the molecule is O=C(NCCC(F)(F)F)c1c[nH]ccc1=O. The normalized spacial score (nSPS) is 11.2. The number of aromatic amines is 1. The molecule has 0 fully saturated rings. The van der Waals surface area contributed by atoms with Crippen molar-refractivity contribution in [1.82, 2.24) is 10.3 Å². The van der Waals surface area contributed by atoms with Gasteiger partial charge in [0.25, 0.3) is 5.91 Å². The molecule has 1 aromatic heterocycles. The third-order valence-corrected chi connectivity index (χ3v) is 1.76. The highest BCUT2D eigenvalue weighted by Crippen LogP contribution is 2.18. The van der Waals surface area contributed by atoms with Crippen LogP contribution in [0.15, 0.2) is 23.3 Å². The second-order valence-electron chi connectivity index (χ2n) is 3.04. The Bertz CT molecular complexity index is 425. The van der Waals surface area contributed by atoms with Crippen molar-refractivity contribution in [2.45, 2.75) is 12.6 Å². The van der Waals surface area contributed by atoms with Gasteiger partial charge in [-0.05, 0) is 0 Å². The average molecular weight is 234 g/mol. The Labute approximate surface area is 88.5 Å². The number of nitrogens with one attached hydrogen (secondary N) is 2. The number of carbonyl (C=O) groups is 1. The van der Waals surface area contributed by atoms with E-state index in [1.807, 2.05) is 5.32 Å². The Morgan fingerprint density at radius 1 is 1.44 bits per heavy atom. The molecule has 0 aliphatic rings. The molecule has 0 saturated carbocycles.